The number of rotatable bonds is 7. The van der Waals surface area contributed by atoms with E-state index in [1.54, 1.807) is 7.11 Å². The van der Waals surface area contributed by atoms with Crippen molar-refractivity contribution >= 4 is 0 Å². The lowest BCUT2D eigenvalue weighted by atomic mass is 9.99. The average molecular weight is 341 g/mol. The van der Waals surface area contributed by atoms with Gasteiger partial charge in [0.2, 0.25) is 0 Å². The minimum Gasteiger partial charge on any atom is -0.497 e. The van der Waals surface area contributed by atoms with E-state index in [1.165, 1.54) is 32.4 Å². The number of aliphatic hydroxyl groups is 1. The van der Waals surface area contributed by atoms with Gasteiger partial charge in [-0.05, 0) is 54.8 Å². The van der Waals surface area contributed by atoms with Crippen LogP contribution in [0.25, 0.3) is 11.1 Å². The van der Waals surface area contributed by atoms with Gasteiger partial charge in [-0.25, -0.2) is 0 Å². The van der Waals surface area contributed by atoms with Gasteiger partial charge in [-0.2, -0.15) is 0 Å². The highest BCUT2D eigenvalue weighted by atomic mass is 16.5. The SMILES string of the molecule is COc1cc(OCCN2CCCCC2)cc(-c2ccccc2CO)c1. The molecule has 3 rings (SSSR count). The van der Waals surface area contributed by atoms with Crippen molar-refractivity contribution in [1.29, 1.82) is 0 Å². The van der Waals surface area contributed by atoms with Crippen LogP contribution in [-0.4, -0.2) is 43.4 Å². The number of hydrogen-bond acceptors (Lipinski definition) is 4. The van der Waals surface area contributed by atoms with E-state index in [0.717, 1.165) is 34.7 Å². The van der Waals surface area contributed by atoms with Crippen LogP contribution in [0.2, 0.25) is 0 Å². The summed E-state index contributed by atoms with van der Waals surface area (Å²) in [6, 6.07) is 13.8. The van der Waals surface area contributed by atoms with E-state index in [2.05, 4.69) is 4.90 Å². The van der Waals surface area contributed by atoms with Crippen LogP contribution >= 0.6 is 0 Å². The highest BCUT2D eigenvalue weighted by molar-refractivity contribution is 5.70. The molecule has 0 atom stereocenters. The zero-order chi connectivity index (χ0) is 17.5. The lowest BCUT2D eigenvalue weighted by Gasteiger charge is -2.26. The summed E-state index contributed by atoms with van der Waals surface area (Å²) in [4.78, 5) is 2.46. The first-order chi connectivity index (χ1) is 12.3. The largest absolute Gasteiger partial charge is 0.497 e. The van der Waals surface area contributed by atoms with Crippen LogP contribution in [0.3, 0.4) is 0 Å². The Kier molecular flexibility index (Phi) is 6.31. The van der Waals surface area contributed by atoms with E-state index in [4.69, 9.17) is 9.47 Å². The molecule has 1 aliphatic rings. The fraction of sp³-hybridized carbons (Fsp3) is 0.429. The molecule has 0 spiro atoms. The second kappa shape index (κ2) is 8.88. The Balaban J connectivity index is 1.73. The molecule has 0 bridgehead atoms. The summed E-state index contributed by atoms with van der Waals surface area (Å²) < 4.78 is 11.4. The molecule has 2 aromatic rings. The number of piperidine rings is 1. The van der Waals surface area contributed by atoms with Gasteiger partial charge < -0.3 is 14.6 Å². The molecule has 25 heavy (non-hydrogen) atoms. The molecule has 4 heteroatoms. The van der Waals surface area contributed by atoms with Gasteiger partial charge in [0.1, 0.15) is 18.1 Å². The van der Waals surface area contributed by atoms with Gasteiger partial charge in [-0.15, -0.1) is 0 Å². The molecule has 134 valence electrons. The van der Waals surface area contributed by atoms with Crippen LogP contribution in [0.1, 0.15) is 24.8 Å². The van der Waals surface area contributed by atoms with Crippen LogP contribution in [-0.2, 0) is 6.61 Å². The maximum Gasteiger partial charge on any atom is 0.123 e. The highest BCUT2D eigenvalue weighted by Gasteiger charge is 2.11. The Bertz CT molecular complexity index is 681. The maximum absolute atomic E-state index is 9.59. The number of benzene rings is 2. The van der Waals surface area contributed by atoms with Crippen LogP contribution < -0.4 is 9.47 Å². The standard InChI is InChI=1S/C21H27NO3/c1-24-19-13-18(21-8-4-3-7-17(21)16-23)14-20(15-19)25-12-11-22-9-5-2-6-10-22/h3-4,7-8,13-15,23H,2,5-6,9-12,16H2,1H3. The first kappa shape index (κ1) is 17.8. The molecular formula is C21H27NO3. The minimum absolute atomic E-state index is 0.0124. The lowest BCUT2D eigenvalue weighted by molar-refractivity contribution is 0.183. The van der Waals surface area contributed by atoms with Gasteiger partial charge in [0.05, 0.1) is 13.7 Å². The van der Waals surface area contributed by atoms with E-state index in [0.29, 0.717) is 6.61 Å². The van der Waals surface area contributed by atoms with Crippen molar-refractivity contribution in [3.05, 3.63) is 48.0 Å². The fourth-order valence-electron chi connectivity index (χ4n) is 3.34. The van der Waals surface area contributed by atoms with Crippen LogP contribution in [0.4, 0.5) is 0 Å². The minimum atomic E-state index is 0.0124. The molecular weight excluding hydrogens is 314 g/mol. The first-order valence-corrected chi connectivity index (χ1v) is 9.03. The summed E-state index contributed by atoms with van der Waals surface area (Å²) in [5.41, 5.74) is 2.90. The van der Waals surface area contributed by atoms with Gasteiger partial charge in [0.25, 0.3) is 0 Å². The van der Waals surface area contributed by atoms with Crippen LogP contribution in [0, 0.1) is 0 Å². The second-order valence-electron chi connectivity index (χ2n) is 6.46. The molecule has 4 nitrogen and oxygen atoms in total. The zero-order valence-corrected chi connectivity index (χ0v) is 14.9. The van der Waals surface area contributed by atoms with E-state index in [-0.39, 0.29) is 6.61 Å². The monoisotopic (exact) mass is 341 g/mol. The number of hydrogen-bond donors (Lipinski definition) is 1. The Morgan fingerprint density at radius 1 is 1.00 bits per heavy atom. The molecule has 0 aliphatic carbocycles. The quantitative estimate of drug-likeness (QED) is 0.833. The Morgan fingerprint density at radius 2 is 1.76 bits per heavy atom. The summed E-state index contributed by atoms with van der Waals surface area (Å²) >= 11 is 0. The van der Waals surface area contributed by atoms with Gasteiger partial charge >= 0.3 is 0 Å². The van der Waals surface area contributed by atoms with E-state index < -0.39 is 0 Å². The van der Waals surface area contributed by atoms with Crippen molar-refractivity contribution in [2.45, 2.75) is 25.9 Å². The summed E-state index contributed by atoms with van der Waals surface area (Å²) in [6.45, 7) is 4.00. The van der Waals surface area contributed by atoms with Gasteiger partial charge in [-0.1, -0.05) is 30.7 Å². The third-order valence-corrected chi connectivity index (χ3v) is 4.74. The molecule has 1 saturated heterocycles. The predicted molar refractivity (Wildman–Crippen MR) is 100 cm³/mol. The van der Waals surface area contributed by atoms with E-state index in [1.807, 2.05) is 42.5 Å². The molecule has 1 fully saturated rings. The number of likely N-dealkylation sites (tertiary alicyclic amines) is 1. The van der Waals surface area contributed by atoms with Gasteiger partial charge in [0.15, 0.2) is 0 Å². The second-order valence-corrected chi connectivity index (χ2v) is 6.46. The molecule has 1 aliphatic heterocycles. The van der Waals surface area contributed by atoms with Crippen molar-refractivity contribution in [3.63, 3.8) is 0 Å². The summed E-state index contributed by atoms with van der Waals surface area (Å²) in [5, 5.41) is 9.59. The predicted octanol–water partition coefficient (Wildman–Crippen LogP) is 3.72. The number of ether oxygens (including phenoxy) is 2. The van der Waals surface area contributed by atoms with Crippen molar-refractivity contribution in [3.8, 4) is 22.6 Å². The molecule has 1 heterocycles. The molecule has 0 aromatic heterocycles. The highest BCUT2D eigenvalue weighted by Crippen LogP contribution is 2.32. The first-order valence-electron chi connectivity index (χ1n) is 9.03. The molecule has 0 unspecified atom stereocenters. The summed E-state index contributed by atoms with van der Waals surface area (Å²) in [6.07, 6.45) is 3.93. The number of nitrogens with zero attached hydrogens (tertiary/aromatic N) is 1. The third-order valence-electron chi connectivity index (χ3n) is 4.74. The normalized spacial score (nSPS) is 15.1. The van der Waals surface area contributed by atoms with E-state index in [9.17, 15) is 5.11 Å². The van der Waals surface area contributed by atoms with Crippen LogP contribution in [0.5, 0.6) is 11.5 Å². The summed E-state index contributed by atoms with van der Waals surface area (Å²) in [5.74, 6) is 1.57. The van der Waals surface area contributed by atoms with Crippen molar-refractivity contribution in [2.75, 3.05) is 33.4 Å². The Labute approximate surface area is 150 Å². The zero-order valence-electron chi connectivity index (χ0n) is 14.9. The molecule has 0 saturated carbocycles. The van der Waals surface area contributed by atoms with Crippen molar-refractivity contribution in [1.82, 2.24) is 4.90 Å². The lowest BCUT2D eigenvalue weighted by Crippen LogP contribution is -2.33. The molecule has 2 aromatic carbocycles. The molecule has 1 N–H and O–H groups in total. The van der Waals surface area contributed by atoms with Crippen molar-refractivity contribution < 1.29 is 14.6 Å². The fourth-order valence-corrected chi connectivity index (χ4v) is 3.34. The van der Waals surface area contributed by atoms with Crippen LogP contribution in [0.15, 0.2) is 42.5 Å². The smallest absolute Gasteiger partial charge is 0.123 e. The molecule has 0 amide bonds. The van der Waals surface area contributed by atoms with Crippen molar-refractivity contribution in [2.24, 2.45) is 0 Å². The third kappa shape index (κ3) is 4.74. The maximum atomic E-state index is 9.59. The van der Waals surface area contributed by atoms with Gasteiger partial charge in [0, 0.05) is 12.6 Å². The Hall–Kier alpha value is -2.04. The number of aliphatic hydroxyl groups excluding tert-OH is 1. The molecule has 0 radical (unpaired) electrons. The average Bonchev–Trinajstić information content (AvgIpc) is 2.68. The van der Waals surface area contributed by atoms with E-state index >= 15 is 0 Å². The topological polar surface area (TPSA) is 41.9 Å². The summed E-state index contributed by atoms with van der Waals surface area (Å²) in [7, 11) is 1.66. The van der Waals surface area contributed by atoms with Gasteiger partial charge in [-0.3, -0.25) is 4.90 Å². The Morgan fingerprint density at radius 3 is 2.52 bits per heavy atom. The number of methoxy groups -OCH3 is 1.